The Hall–Kier alpha value is -4.96. The topological polar surface area (TPSA) is 67.9 Å². The van der Waals surface area contributed by atoms with Crippen LogP contribution in [0.3, 0.4) is 0 Å². The van der Waals surface area contributed by atoms with E-state index in [4.69, 9.17) is 14.7 Å². The lowest BCUT2D eigenvalue weighted by Crippen LogP contribution is -2.07. The molecule has 4 aromatic heterocycles. The Morgan fingerprint density at radius 3 is 2.57 bits per heavy atom. The largest absolute Gasteiger partial charge is 0.481 e. The average Bonchev–Trinajstić information content (AvgIpc) is 3.29. The third-order valence-corrected chi connectivity index (χ3v) is 5.66. The Balaban J connectivity index is 1.79. The van der Waals surface area contributed by atoms with Crippen LogP contribution >= 0.6 is 0 Å². The van der Waals surface area contributed by atoms with E-state index in [0.29, 0.717) is 17.4 Å². The molecule has 5 aromatic rings. The van der Waals surface area contributed by atoms with Crippen LogP contribution in [0.15, 0.2) is 84.1 Å². The van der Waals surface area contributed by atoms with Gasteiger partial charge in [0.15, 0.2) is 5.82 Å². The third-order valence-electron chi connectivity index (χ3n) is 5.66. The quantitative estimate of drug-likeness (QED) is 0.189. The van der Waals surface area contributed by atoms with Gasteiger partial charge >= 0.3 is 0 Å². The van der Waals surface area contributed by atoms with Gasteiger partial charge in [0.25, 0.3) is 0 Å². The summed E-state index contributed by atoms with van der Waals surface area (Å²) < 4.78 is 7.65. The number of hydrogen-bond donors (Lipinski definition) is 0. The normalized spacial score (nSPS) is 10.9. The van der Waals surface area contributed by atoms with E-state index < -0.39 is 0 Å². The summed E-state index contributed by atoms with van der Waals surface area (Å²) in [5.74, 6) is 7.62. The Morgan fingerprint density at radius 2 is 1.78 bits per heavy atom. The maximum absolute atomic E-state index is 5.59. The van der Waals surface area contributed by atoms with E-state index in [1.54, 1.807) is 19.6 Å². The molecule has 5 rings (SSSR count). The number of fused-ring (bicyclic) bond motifs is 1. The van der Waals surface area contributed by atoms with Gasteiger partial charge < -0.3 is 9.64 Å². The monoisotopic (exact) mass is 486 g/mol. The predicted octanol–water partition coefficient (Wildman–Crippen LogP) is 5.40. The first-order valence-electron chi connectivity index (χ1n) is 11.8. The number of imidazole rings is 1. The van der Waals surface area contributed by atoms with Crippen molar-refractivity contribution in [2.24, 2.45) is 4.99 Å². The van der Waals surface area contributed by atoms with Gasteiger partial charge in [0, 0.05) is 37.6 Å². The number of pyridine rings is 3. The van der Waals surface area contributed by atoms with Crippen LogP contribution in [0.4, 0.5) is 5.82 Å². The molecular formula is C30H26N6O. The second-order valence-corrected chi connectivity index (χ2v) is 8.69. The van der Waals surface area contributed by atoms with Crippen LogP contribution in [0.1, 0.15) is 16.8 Å². The molecule has 0 aliphatic rings. The first kappa shape index (κ1) is 23.8. The van der Waals surface area contributed by atoms with E-state index >= 15 is 0 Å². The Labute approximate surface area is 216 Å². The van der Waals surface area contributed by atoms with Gasteiger partial charge in [-0.2, -0.15) is 0 Å². The minimum Gasteiger partial charge on any atom is -0.481 e. The third kappa shape index (κ3) is 5.04. The highest BCUT2D eigenvalue weighted by Crippen LogP contribution is 2.38. The summed E-state index contributed by atoms with van der Waals surface area (Å²) >= 11 is 0. The molecule has 0 fully saturated rings. The van der Waals surface area contributed by atoms with Crippen LogP contribution in [0.25, 0.3) is 28.2 Å². The highest BCUT2D eigenvalue weighted by atomic mass is 16.5. The lowest BCUT2D eigenvalue weighted by molar-refractivity contribution is 0.399. The van der Waals surface area contributed by atoms with Gasteiger partial charge in [-0.15, -0.1) is 0 Å². The Morgan fingerprint density at radius 1 is 0.946 bits per heavy atom. The molecule has 37 heavy (non-hydrogen) atoms. The Bertz CT molecular complexity index is 1660. The first-order chi connectivity index (χ1) is 18.0. The van der Waals surface area contributed by atoms with Crippen LogP contribution in [-0.4, -0.2) is 51.8 Å². The van der Waals surface area contributed by atoms with Crippen molar-refractivity contribution >= 4 is 17.8 Å². The average molecular weight is 487 g/mol. The number of aromatic nitrogens is 4. The van der Waals surface area contributed by atoms with Crippen LogP contribution in [-0.2, 0) is 0 Å². The van der Waals surface area contributed by atoms with Crippen LogP contribution in [0.5, 0.6) is 5.88 Å². The van der Waals surface area contributed by atoms with E-state index in [1.165, 1.54) is 0 Å². The van der Waals surface area contributed by atoms with Gasteiger partial charge in [-0.3, -0.25) is 4.40 Å². The second kappa shape index (κ2) is 10.3. The summed E-state index contributed by atoms with van der Waals surface area (Å²) in [6, 6.07) is 21.7. The summed E-state index contributed by atoms with van der Waals surface area (Å²) in [5.41, 5.74) is 6.66. The fourth-order valence-electron chi connectivity index (χ4n) is 3.96. The maximum atomic E-state index is 5.59. The zero-order valence-electron chi connectivity index (χ0n) is 21.2. The van der Waals surface area contributed by atoms with E-state index in [9.17, 15) is 0 Å². The van der Waals surface area contributed by atoms with Crippen molar-refractivity contribution in [2.75, 3.05) is 21.2 Å². The minimum atomic E-state index is 0.501. The fourth-order valence-corrected chi connectivity index (χ4v) is 3.96. The number of benzene rings is 1. The fraction of sp³-hybridized carbons (Fsp3) is 0.133. The predicted molar refractivity (Wildman–Crippen MR) is 147 cm³/mol. The van der Waals surface area contributed by atoms with Crippen molar-refractivity contribution < 1.29 is 4.74 Å². The number of ether oxygens (including phenoxy) is 1. The zero-order chi connectivity index (χ0) is 25.8. The molecule has 0 bridgehead atoms. The smallest absolute Gasteiger partial charge is 0.222 e. The number of aliphatic imine (C=N–C) groups is 1. The lowest BCUT2D eigenvalue weighted by Gasteiger charge is -2.10. The highest BCUT2D eigenvalue weighted by Gasteiger charge is 2.22. The number of rotatable bonds is 5. The summed E-state index contributed by atoms with van der Waals surface area (Å²) in [6.45, 7) is 2.05. The van der Waals surface area contributed by atoms with Crippen LogP contribution < -0.4 is 4.74 Å². The minimum absolute atomic E-state index is 0.501. The standard InChI is InChI=1S/C30H26N6O/c1-21-16-18-36-27(19-21)34-28(24-11-8-17-31-30(24)37-4)29(36)23-13-15-26(32-20-35(2)3)33-25(23)14-12-22-9-6-5-7-10-22/h5-11,13,15-20H,1-4H3. The van der Waals surface area contributed by atoms with Gasteiger partial charge in [0.1, 0.15) is 17.0 Å². The van der Waals surface area contributed by atoms with Crippen molar-refractivity contribution in [3.05, 3.63) is 95.9 Å². The summed E-state index contributed by atoms with van der Waals surface area (Å²) in [7, 11) is 5.45. The molecular weight excluding hydrogens is 460 g/mol. The van der Waals surface area contributed by atoms with Gasteiger partial charge in [0.05, 0.1) is 24.7 Å². The van der Waals surface area contributed by atoms with Gasteiger partial charge in [-0.1, -0.05) is 24.1 Å². The van der Waals surface area contributed by atoms with Crippen molar-refractivity contribution in [3.63, 3.8) is 0 Å². The molecule has 4 heterocycles. The molecule has 0 atom stereocenters. The summed E-state index contributed by atoms with van der Waals surface area (Å²) in [4.78, 5) is 20.6. The summed E-state index contributed by atoms with van der Waals surface area (Å²) in [5, 5.41) is 0. The Kier molecular flexibility index (Phi) is 6.64. The van der Waals surface area contributed by atoms with E-state index in [0.717, 1.165) is 39.3 Å². The SMILES string of the molecule is COc1ncccc1-c1nc2cc(C)ccn2c1-c1ccc(N=CN(C)C)nc1C#Cc1ccccc1. The number of aryl methyl sites for hydroxylation is 1. The number of hydrogen-bond acceptors (Lipinski definition) is 5. The molecule has 1 aromatic carbocycles. The van der Waals surface area contributed by atoms with Crippen molar-refractivity contribution in [1.82, 2.24) is 24.3 Å². The molecule has 0 aliphatic carbocycles. The van der Waals surface area contributed by atoms with Gasteiger partial charge in [0.2, 0.25) is 5.88 Å². The van der Waals surface area contributed by atoms with E-state index in [2.05, 4.69) is 39.2 Å². The molecule has 0 unspecified atom stereocenters. The lowest BCUT2D eigenvalue weighted by atomic mass is 10.0. The molecule has 0 spiro atoms. The molecule has 0 N–H and O–H groups in total. The molecule has 0 saturated heterocycles. The van der Waals surface area contributed by atoms with Crippen molar-refractivity contribution in [3.8, 4) is 40.2 Å². The van der Waals surface area contributed by atoms with Crippen molar-refractivity contribution in [2.45, 2.75) is 6.92 Å². The summed E-state index contributed by atoms with van der Waals surface area (Å²) in [6.07, 6.45) is 5.45. The first-order valence-corrected chi connectivity index (χ1v) is 11.8. The van der Waals surface area contributed by atoms with Crippen LogP contribution in [0, 0.1) is 18.8 Å². The molecule has 0 aliphatic heterocycles. The van der Waals surface area contributed by atoms with Gasteiger partial charge in [-0.25, -0.2) is 19.9 Å². The van der Waals surface area contributed by atoms with E-state index in [1.807, 2.05) is 85.9 Å². The van der Waals surface area contributed by atoms with E-state index in [-0.39, 0.29) is 0 Å². The number of nitrogens with zero attached hydrogens (tertiary/aromatic N) is 6. The highest BCUT2D eigenvalue weighted by molar-refractivity contribution is 5.86. The van der Waals surface area contributed by atoms with Crippen LogP contribution in [0.2, 0.25) is 0 Å². The second-order valence-electron chi connectivity index (χ2n) is 8.69. The van der Waals surface area contributed by atoms with Crippen molar-refractivity contribution in [1.29, 1.82) is 0 Å². The molecule has 7 nitrogen and oxygen atoms in total. The molecule has 182 valence electrons. The molecule has 7 heteroatoms. The van der Waals surface area contributed by atoms with Gasteiger partial charge in [-0.05, 0) is 66.9 Å². The number of methoxy groups -OCH3 is 1. The molecule has 0 amide bonds. The molecule has 0 radical (unpaired) electrons. The maximum Gasteiger partial charge on any atom is 0.222 e. The zero-order valence-corrected chi connectivity index (χ0v) is 21.2. The molecule has 0 saturated carbocycles.